The highest BCUT2D eigenvalue weighted by Gasteiger charge is 2.08. The topological polar surface area (TPSA) is 66.9 Å². The van der Waals surface area contributed by atoms with E-state index >= 15 is 0 Å². The van der Waals surface area contributed by atoms with Crippen molar-refractivity contribution in [2.75, 3.05) is 10.6 Å². The maximum Gasteiger partial charge on any atom is 0.266 e. The summed E-state index contributed by atoms with van der Waals surface area (Å²) in [6.07, 6.45) is 0. The SMILES string of the molecule is O=C(Nc1ccc(Nc2ccc(F)c(F)c2)nn1)c1cccs1. The molecule has 0 atom stereocenters. The molecular weight excluding hydrogens is 322 g/mol. The number of anilines is 3. The molecular formula is C15H10F2N4OS. The Morgan fingerprint density at radius 1 is 1.00 bits per heavy atom. The molecule has 3 rings (SSSR count). The summed E-state index contributed by atoms with van der Waals surface area (Å²) in [5, 5.41) is 14.9. The van der Waals surface area contributed by atoms with E-state index in [1.165, 1.54) is 17.4 Å². The second-order valence-corrected chi connectivity index (χ2v) is 5.44. The highest BCUT2D eigenvalue weighted by atomic mass is 32.1. The van der Waals surface area contributed by atoms with Gasteiger partial charge in [-0.25, -0.2) is 8.78 Å². The first-order valence-electron chi connectivity index (χ1n) is 6.52. The molecule has 1 aromatic carbocycles. The number of thiophene rings is 1. The molecule has 0 saturated carbocycles. The highest BCUT2D eigenvalue weighted by molar-refractivity contribution is 7.12. The number of carbonyl (C=O) groups excluding carboxylic acids is 1. The number of hydrogen-bond acceptors (Lipinski definition) is 5. The highest BCUT2D eigenvalue weighted by Crippen LogP contribution is 2.18. The van der Waals surface area contributed by atoms with Crippen molar-refractivity contribution in [1.82, 2.24) is 10.2 Å². The molecule has 0 fully saturated rings. The van der Waals surface area contributed by atoms with Crippen LogP contribution in [0, 0.1) is 11.6 Å². The van der Waals surface area contributed by atoms with Gasteiger partial charge in [0.1, 0.15) is 0 Å². The van der Waals surface area contributed by atoms with Crippen LogP contribution in [-0.2, 0) is 0 Å². The van der Waals surface area contributed by atoms with Crippen molar-refractivity contribution in [2.24, 2.45) is 0 Å². The van der Waals surface area contributed by atoms with E-state index in [1.54, 1.807) is 29.6 Å². The van der Waals surface area contributed by atoms with Crippen molar-refractivity contribution in [3.05, 3.63) is 64.4 Å². The van der Waals surface area contributed by atoms with Crippen LogP contribution in [0.4, 0.5) is 26.1 Å². The van der Waals surface area contributed by atoms with Crippen molar-refractivity contribution in [1.29, 1.82) is 0 Å². The van der Waals surface area contributed by atoms with E-state index < -0.39 is 11.6 Å². The van der Waals surface area contributed by atoms with Gasteiger partial charge in [0.05, 0.1) is 4.88 Å². The van der Waals surface area contributed by atoms with Crippen LogP contribution in [0.15, 0.2) is 47.8 Å². The lowest BCUT2D eigenvalue weighted by Gasteiger charge is -2.06. The fraction of sp³-hybridized carbons (Fsp3) is 0. The molecule has 0 aliphatic heterocycles. The Hall–Kier alpha value is -2.87. The Bertz CT molecular complexity index is 822. The number of benzene rings is 1. The zero-order chi connectivity index (χ0) is 16.2. The van der Waals surface area contributed by atoms with Crippen molar-refractivity contribution in [3.63, 3.8) is 0 Å². The number of halogens is 2. The fourth-order valence-corrected chi connectivity index (χ4v) is 2.39. The van der Waals surface area contributed by atoms with Gasteiger partial charge < -0.3 is 10.6 Å². The number of nitrogens with zero attached hydrogens (tertiary/aromatic N) is 2. The third-order valence-corrected chi connectivity index (χ3v) is 3.71. The van der Waals surface area contributed by atoms with Crippen LogP contribution in [0.1, 0.15) is 9.67 Å². The lowest BCUT2D eigenvalue weighted by atomic mass is 10.3. The van der Waals surface area contributed by atoms with Gasteiger partial charge in [0.25, 0.3) is 5.91 Å². The number of amides is 1. The van der Waals surface area contributed by atoms with E-state index in [9.17, 15) is 13.6 Å². The van der Waals surface area contributed by atoms with Crippen LogP contribution in [-0.4, -0.2) is 16.1 Å². The third kappa shape index (κ3) is 3.67. The molecule has 23 heavy (non-hydrogen) atoms. The average Bonchev–Trinajstić information content (AvgIpc) is 3.07. The molecule has 1 amide bonds. The van der Waals surface area contributed by atoms with Crippen LogP contribution in [0.2, 0.25) is 0 Å². The minimum absolute atomic E-state index is 0.268. The normalized spacial score (nSPS) is 10.3. The summed E-state index contributed by atoms with van der Waals surface area (Å²) in [7, 11) is 0. The van der Waals surface area contributed by atoms with Crippen LogP contribution >= 0.6 is 11.3 Å². The molecule has 0 unspecified atom stereocenters. The minimum atomic E-state index is -0.956. The summed E-state index contributed by atoms with van der Waals surface area (Å²) in [6, 6.07) is 10.0. The van der Waals surface area contributed by atoms with Crippen molar-refractivity contribution in [2.45, 2.75) is 0 Å². The molecule has 3 aromatic rings. The Morgan fingerprint density at radius 3 is 2.43 bits per heavy atom. The van der Waals surface area contributed by atoms with E-state index in [2.05, 4.69) is 20.8 Å². The average molecular weight is 332 g/mol. The first-order chi connectivity index (χ1) is 11.1. The van der Waals surface area contributed by atoms with Crippen LogP contribution in [0.5, 0.6) is 0 Å². The molecule has 2 N–H and O–H groups in total. The van der Waals surface area contributed by atoms with Gasteiger partial charge in [-0.15, -0.1) is 21.5 Å². The summed E-state index contributed by atoms with van der Waals surface area (Å²) in [5.74, 6) is -1.52. The molecule has 0 aliphatic carbocycles. The summed E-state index contributed by atoms with van der Waals surface area (Å²) in [4.78, 5) is 12.4. The Balaban J connectivity index is 1.67. The molecule has 0 saturated heterocycles. The number of carbonyl (C=O) groups is 1. The predicted octanol–water partition coefficient (Wildman–Crippen LogP) is 3.81. The van der Waals surface area contributed by atoms with E-state index in [0.717, 1.165) is 12.1 Å². The molecule has 2 aromatic heterocycles. The van der Waals surface area contributed by atoms with Gasteiger partial charge >= 0.3 is 0 Å². The second kappa shape index (κ2) is 6.49. The van der Waals surface area contributed by atoms with Gasteiger partial charge in [0.2, 0.25) is 0 Å². The van der Waals surface area contributed by atoms with Crippen LogP contribution < -0.4 is 10.6 Å². The van der Waals surface area contributed by atoms with Gasteiger partial charge in [0.15, 0.2) is 23.3 Å². The molecule has 5 nitrogen and oxygen atoms in total. The molecule has 0 aliphatic rings. The number of rotatable bonds is 4. The lowest BCUT2D eigenvalue weighted by molar-refractivity contribution is 0.103. The quantitative estimate of drug-likeness (QED) is 0.762. The van der Waals surface area contributed by atoms with Crippen LogP contribution in [0.25, 0.3) is 0 Å². The molecule has 2 heterocycles. The van der Waals surface area contributed by atoms with Gasteiger partial charge in [-0.1, -0.05) is 6.07 Å². The first kappa shape index (κ1) is 15.0. The molecule has 0 bridgehead atoms. The predicted molar refractivity (Wildman–Crippen MR) is 83.9 cm³/mol. The summed E-state index contributed by atoms with van der Waals surface area (Å²) in [5.41, 5.74) is 0.341. The molecule has 8 heteroatoms. The van der Waals surface area contributed by atoms with Gasteiger partial charge in [0, 0.05) is 11.8 Å². The van der Waals surface area contributed by atoms with E-state index in [4.69, 9.17) is 0 Å². The smallest absolute Gasteiger partial charge is 0.266 e. The summed E-state index contributed by atoms with van der Waals surface area (Å²) in [6.45, 7) is 0. The molecule has 0 radical (unpaired) electrons. The van der Waals surface area contributed by atoms with Crippen molar-refractivity contribution >= 4 is 34.6 Å². The molecule has 116 valence electrons. The second-order valence-electron chi connectivity index (χ2n) is 4.49. The monoisotopic (exact) mass is 332 g/mol. The van der Waals surface area contributed by atoms with Crippen molar-refractivity contribution < 1.29 is 13.6 Å². The lowest BCUT2D eigenvalue weighted by Crippen LogP contribution is -2.12. The fourth-order valence-electron chi connectivity index (χ4n) is 1.77. The Morgan fingerprint density at radius 2 is 1.78 bits per heavy atom. The van der Waals surface area contributed by atoms with E-state index in [1.807, 2.05) is 0 Å². The van der Waals surface area contributed by atoms with Gasteiger partial charge in [-0.05, 0) is 35.7 Å². The van der Waals surface area contributed by atoms with Crippen LogP contribution in [0.3, 0.4) is 0 Å². The minimum Gasteiger partial charge on any atom is -0.339 e. The van der Waals surface area contributed by atoms with E-state index in [0.29, 0.717) is 22.2 Å². The third-order valence-electron chi connectivity index (χ3n) is 2.84. The summed E-state index contributed by atoms with van der Waals surface area (Å²) >= 11 is 1.32. The summed E-state index contributed by atoms with van der Waals surface area (Å²) < 4.78 is 26.0. The van der Waals surface area contributed by atoms with Gasteiger partial charge in [-0.3, -0.25) is 4.79 Å². The zero-order valence-electron chi connectivity index (χ0n) is 11.6. The zero-order valence-corrected chi connectivity index (χ0v) is 12.4. The Kier molecular flexibility index (Phi) is 4.24. The first-order valence-corrected chi connectivity index (χ1v) is 7.40. The number of aromatic nitrogens is 2. The van der Waals surface area contributed by atoms with E-state index in [-0.39, 0.29) is 5.91 Å². The maximum atomic E-state index is 13.1. The Labute approximate surface area is 134 Å². The maximum absolute atomic E-state index is 13.1. The number of nitrogens with one attached hydrogen (secondary N) is 2. The van der Waals surface area contributed by atoms with Gasteiger partial charge in [-0.2, -0.15) is 0 Å². The largest absolute Gasteiger partial charge is 0.339 e. The number of hydrogen-bond donors (Lipinski definition) is 2. The molecule has 0 spiro atoms. The van der Waals surface area contributed by atoms with Crippen molar-refractivity contribution in [3.8, 4) is 0 Å². The standard InChI is InChI=1S/C15H10F2N4OS/c16-10-4-3-9(8-11(10)17)18-13-5-6-14(21-20-13)19-15(22)12-2-1-7-23-12/h1-8H,(H,18,20)(H,19,21,22).